The van der Waals surface area contributed by atoms with E-state index in [0.29, 0.717) is 48.4 Å². The van der Waals surface area contributed by atoms with Crippen molar-refractivity contribution in [3.8, 4) is 11.5 Å². The van der Waals surface area contributed by atoms with Gasteiger partial charge < -0.3 is 19.9 Å². The quantitative estimate of drug-likeness (QED) is 0.407. The lowest BCUT2D eigenvalue weighted by molar-refractivity contribution is 0.125. The van der Waals surface area contributed by atoms with Crippen LogP contribution >= 0.6 is 11.6 Å². The fourth-order valence-corrected chi connectivity index (χ4v) is 5.96. The Kier molecular flexibility index (Phi) is 7.36. The summed E-state index contributed by atoms with van der Waals surface area (Å²) in [4.78, 5) is 15.1. The third-order valence-electron chi connectivity index (χ3n) is 7.94. The van der Waals surface area contributed by atoms with E-state index in [0.717, 1.165) is 17.7 Å². The topological polar surface area (TPSA) is 71.0 Å². The molecule has 204 valence electrons. The summed E-state index contributed by atoms with van der Waals surface area (Å²) < 4.78 is 24.9. The number of aliphatic hydroxyl groups is 1. The highest BCUT2D eigenvalue weighted by Gasteiger charge is 2.43. The van der Waals surface area contributed by atoms with Gasteiger partial charge in [-0.05, 0) is 72.4 Å². The number of nitrogens with zero attached hydrogens (tertiary/aromatic N) is 1. The van der Waals surface area contributed by atoms with Gasteiger partial charge in [-0.3, -0.25) is 4.90 Å². The highest BCUT2D eigenvalue weighted by atomic mass is 35.5. The molecule has 2 N–H and O–H groups in total. The molecule has 2 aliphatic carbocycles. The van der Waals surface area contributed by atoms with Crippen molar-refractivity contribution in [2.24, 2.45) is 11.8 Å². The van der Waals surface area contributed by atoms with Crippen LogP contribution in [-0.2, 0) is 0 Å². The predicted octanol–water partition coefficient (Wildman–Crippen LogP) is 6.24. The number of aliphatic hydroxyl groups excluding tert-OH is 1. The average molecular weight is 551 g/mol. The summed E-state index contributed by atoms with van der Waals surface area (Å²) in [5, 5.41) is 14.5. The first-order valence-corrected chi connectivity index (χ1v) is 14.0. The molecule has 2 aromatic carbocycles. The Morgan fingerprint density at radius 3 is 2.62 bits per heavy atom. The van der Waals surface area contributed by atoms with E-state index in [1.807, 2.05) is 30.3 Å². The Labute approximate surface area is 232 Å². The van der Waals surface area contributed by atoms with Crippen LogP contribution in [0.1, 0.15) is 43.7 Å². The summed E-state index contributed by atoms with van der Waals surface area (Å²) in [6.07, 6.45) is 9.83. The maximum Gasteiger partial charge on any atom is 0.416 e. The number of halogens is 2. The van der Waals surface area contributed by atoms with Crippen LogP contribution < -0.4 is 14.8 Å². The Hall–Kier alpha value is -3.29. The van der Waals surface area contributed by atoms with Gasteiger partial charge in [0, 0.05) is 29.6 Å². The van der Waals surface area contributed by atoms with Gasteiger partial charge in [0.25, 0.3) is 0 Å². The van der Waals surface area contributed by atoms with Crippen LogP contribution in [0.3, 0.4) is 0 Å². The number of allylic oxidation sites excluding steroid dienone is 2. The van der Waals surface area contributed by atoms with Crippen molar-refractivity contribution in [2.75, 3.05) is 13.2 Å². The molecule has 1 amide bonds. The number of ether oxygens (including phenoxy) is 2. The van der Waals surface area contributed by atoms with Crippen molar-refractivity contribution >= 4 is 17.7 Å². The standard InChI is InChI=1S/C31H32ClFN2O4/c32-21-5-12-28-27(18-21)26-13-15-35(31(37)39-25-10-6-22(33)7-11-25)30(29(26)34-28)20-3-8-24(9-4-20)38-16-14-23(36)17-19-1-2-19/h3-12,18-19,23,27-28,30,34,36H,1-2,13-17H2/t23-,27?,28?,30-/m0/s1. The lowest BCUT2D eigenvalue weighted by Gasteiger charge is -2.37. The lowest BCUT2D eigenvalue weighted by atomic mass is 9.85. The van der Waals surface area contributed by atoms with Crippen LogP contribution in [0.25, 0.3) is 0 Å². The molecule has 2 heterocycles. The highest BCUT2D eigenvalue weighted by Crippen LogP contribution is 2.45. The maximum absolute atomic E-state index is 13.4. The Balaban J connectivity index is 1.22. The molecule has 6 rings (SSSR count). The van der Waals surface area contributed by atoms with E-state index in [-0.39, 0.29) is 24.1 Å². The monoisotopic (exact) mass is 550 g/mol. The predicted molar refractivity (Wildman–Crippen MR) is 147 cm³/mol. The Morgan fingerprint density at radius 2 is 1.87 bits per heavy atom. The molecule has 0 radical (unpaired) electrons. The molecule has 4 atom stereocenters. The van der Waals surface area contributed by atoms with Crippen molar-refractivity contribution in [3.63, 3.8) is 0 Å². The molecule has 2 aromatic rings. The van der Waals surface area contributed by atoms with E-state index in [1.54, 1.807) is 4.90 Å². The van der Waals surface area contributed by atoms with E-state index < -0.39 is 11.9 Å². The summed E-state index contributed by atoms with van der Waals surface area (Å²) >= 11 is 6.34. The van der Waals surface area contributed by atoms with Gasteiger partial charge >= 0.3 is 6.09 Å². The van der Waals surface area contributed by atoms with E-state index in [9.17, 15) is 14.3 Å². The molecule has 4 aliphatic rings. The van der Waals surface area contributed by atoms with Crippen LogP contribution in [0, 0.1) is 17.7 Å². The second kappa shape index (κ2) is 11.1. The normalized spacial score (nSPS) is 24.4. The number of carbonyl (C=O) groups is 1. The summed E-state index contributed by atoms with van der Waals surface area (Å²) in [6, 6.07) is 12.9. The molecule has 1 fully saturated rings. The van der Waals surface area contributed by atoms with Gasteiger partial charge in [-0.2, -0.15) is 0 Å². The number of nitrogens with one attached hydrogen (secondary N) is 1. The van der Waals surface area contributed by atoms with Crippen molar-refractivity contribution in [3.05, 3.63) is 94.4 Å². The summed E-state index contributed by atoms with van der Waals surface area (Å²) in [5.74, 6) is 1.44. The molecule has 2 unspecified atom stereocenters. The first kappa shape index (κ1) is 26.0. The Bertz CT molecular complexity index is 1300. The molecule has 2 aliphatic heterocycles. The zero-order valence-corrected chi connectivity index (χ0v) is 22.3. The number of fused-ring (bicyclic) bond motifs is 2. The minimum absolute atomic E-state index is 0.0812. The molecule has 6 nitrogen and oxygen atoms in total. The molecular formula is C31H32ClFN2O4. The first-order valence-electron chi connectivity index (χ1n) is 13.6. The van der Waals surface area contributed by atoms with E-state index in [4.69, 9.17) is 21.1 Å². The molecule has 0 bridgehead atoms. The first-order chi connectivity index (χ1) is 18.9. The molecule has 0 aromatic heterocycles. The largest absolute Gasteiger partial charge is 0.493 e. The minimum Gasteiger partial charge on any atom is -0.493 e. The molecule has 0 saturated heterocycles. The minimum atomic E-state index is -0.496. The van der Waals surface area contributed by atoms with Gasteiger partial charge in [0.1, 0.15) is 23.4 Å². The van der Waals surface area contributed by atoms with Crippen molar-refractivity contribution in [1.29, 1.82) is 0 Å². The number of benzene rings is 2. The molecule has 8 heteroatoms. The van der Waals surface area contributed by atoms with E-state index in [2.05, 4.69) is 17.5 Å². The Morgan fingerprint density at radius 1 is 1.13 bits per heavy atom. The van der Waals surface area contributed by atoms with Crippen LogP contribution in [0.4, 0.5) is 9.18 Å². The van der Waals surface area contributed by atoms with Gasteiger partial charge in [0.2, 0.25) is 0 Å². The zero-order chi connectivity index (χ0) is 26.9. The van der Waals surface area contributed by atoms with Crippen molar-refractivity contribution in [1.82, 2.24) is 10.2 Å². The van der Waals surface area contributed by atoms with Crippen LogP contribution in [0.15, 0.2) is 83.1 Å². The van der Waals surface area contributed by atoms with Gasteiger partial charge in [-0.15, -0.1) is 0 Å². The maximum atomic E-state index is 13.4. The third kappa shape index (κ3) is 5.85. The fourth-order valence-electron chi connectivity index (χ4n) is 5.76. The van der Waals surface area contributed by atoms with Gasteiger partial charge in [-0.25, -0.2) is 9.18 Å². The van der Waals surface area contributed by atoms with Crippen LogP contribution in [0.5, 0.6) is 11.5 Å². The number of carbonyl (C=O) groups excluding carboxylic acids is 1. The second-order valence-electron chi connectivity index (χ2n) is 10.8. The fraction of sp³-hybridized carbons (Fsp3) is 0.387. The molecule has 1 saturated carbocycles. The van der Waals surface area contributed by atoms with Gasteiger partial charge in [0.15, 0.2) is 0 Å². The highest BCUT2D eigenvalue weighted by molar-refractivity contribution is 6.31. The summed E-state index contributed by atoms with van der Waals surface area (Å²) in [6.45, 7) is 0.924. The van der Waals surface area contributed by atoms with Crippen LogP contribution in [-0.4, -0.2) is 41.4 Å². The number of hydrogen-bond acceptors (Lipinski definition) is 5. The molecular weight excluding hydrogens is 519 g/mol. The zero-order valence-electron chi connectivity index (χ0n) is 21.6. The van der Waals surface area contributed by atoms with Crippen LogP contribution in [0.2, 0.25) is 0 Å². The average Bonchev–Trinajstić information content (AvgIpc) is 3.67. The number of rotatable bonds is 8. The molecule has 0 spiro atoms. The van der Waals surface area contributed by atoms with Gasteiger partial charge in [0.05, 0.1) is 18.8 Å². The smallest absolute Gasteiger partial charge is 0.416 e. The number of hydrogen-bond donors (Lipinski definition) is 2. The number of amides is 1. The molecule has 39 heavy (non-hydrogen) atoms. The van der Waals surface area contributed by atoms with Crippen molar-refractivity contribution in [2.45, 2.75) is 50.3 Å². The van der Waals surface area contributed by atoms with Crippen molar-refractivity contribution < 1.29 is 23.8 Å². The van der Waals surface area contributed by atoms with Gasteiger partial charge in [-0.1, -0.05) is 48.7 Å². The SMILES string of the molecule is O=C(Oc1ccc(F)cc1)N1CCC2=C(NC3C=CC(Cl)=CC23)[C@@H]1c1ccc(OCC[C@H](O)CC2CC2)cc1. The lowest BCUT2D eigenvalue weighted by Crippen LogP contribution is -2.43. The third-order valence-corrected chi connectivity index (χ3v) is 8.19. The summed E-state index contributed by atoms with van der Waals surface area (Å²) in [7, 11) is 0. The van der Waals surface area contributed by atoms with E-state index >= 15 is 0 Å². The van der Waals surface area contributed by atoms with E-state index in [1.165, 1.54) is 42.7 Å². The second-order valence-corrected chi connectivity index (χ2v) is 11.2. The summed E-state index contributed by atoms with van der Waals surface area (Å²) in [5.41, 5.74) is 3.14.